The third-order valence-corrected chi connectivity index (χ3v) is 9.91. The summed E-state index contributed by atoms with van der Waals surface area (Å²) < 4.78 is 6.36. The number of aryl methyl sites for hydroxylation is 1. The molecule has 3 heteroatoms. The smallest absolute Gasteiger partial charge is 0.191 e. The quantitative estimate of drug-likeness (QED) is 0.626. The molecule has 0 aliphatic heterocycles. The molecule has 25 heavy (non-hydrogen) atoms. The molecule has 0 atom stereocenters. The molecule has 0 heterocycles. The largest absolute Gasteiger partial charge is 0.508 e. The third-order valence-electron chi connectivity index (χ3n) is 5.37. The van der Waals surface area contributed by atoms with Gasteiger partial charge in [-0.3, -0.25) is 0 Å². The van der Waals surface area contributed by atoms with Crippen LogP contribution in [0, 0.1) is 0 Å². The molecule has 0 saturated carbocycles. The second-order valence-electron chi connectivity index (χ2n) is 8.22. The summed E-state index contributed by atoms with van der Waals surface area (Å²) >= 11 is 0. The number of phenols is 1. The zero-order valence-corrected chi connectivity index (χ0v) is 17.5. The van der Waals surface area contributed by atoms with Crippen LogP contribution in [0.3, 0.4) is 0 Å². The van der Waals surface area contributed by atoms with Crippen molar-refractivity contribution in [2.75, 3.05) is 6.61 Å². The van der Waals surface area contributed by atoms with Gasteiger partial charge in [0.25, 0.3) is 0 Å². The van der Waals surface area contributed by atoms with Gasteiger partial charge in [0.2, 0.25) is 0 Å². The summed E-state index contributed by atoms with van der Waals surface area (Å²) in [5.41, 5.74) is 4.82. The summed E-state index contributed by atoms with van der Waals surface area (Å²) in [6.45, 7) is 14.2. The second kappa shape index (κ2) is 7.75. The lowest BCUT2D eigenvalue weighted by Crippen LogP contribution is -2.41. The molecule has 0 unspecified atom stereocenters. The van der Waals surface area contributed by atoms with Crippen LogP contribution >= 0.6 is 0 Å². The molecular weight excluding hydrogens is 324 g/mol. The first-order valence-electron chi connectivity index (χ1n) is 9.20. The van der Waals surface area contributed by atoms with Crippen molar-refractivity contribution < 1.29 is 9.53 Å². The summed E-state index contributed by atoms with van der Waals surface area (Å²) in [7, 11) is -1.75. The molecule has 0 aromatic heterocycles. The first-order chi connectivity index (χ1) is 11.7. The van der Waals surface area contributed by atoms with Gasteiger partial charge in [0.1, 0.15) is 5.75 Å². The van der Waals surface area contributed by atoms with Crippen molar-refractivity contribution in [1.82, 2.24) is 0 Å². The van der Waals surface area contributed by atoms with E-state index in [0.29, 0.717) is 12.4 Å². The van der Waals surface area contributed by atoms with Crippen LogP contribution in [0.4, 0.5) is 0 Å². The Hall–Kier alpha value is -1.58. The lowest BCUT2D eigenvalue weighted by atomic mass is 9.91. The number of phenolic OH excluding ortho intramolecular Hbond substituents is 1. The molecule has 1 N–H and O–H groups in total. The van der Waals surface area contributed by atoms with E-state index in [1.165, 1.54) is 22.3 Å². The van der Waals surface area contributed by atoms with Crippen molar-refractivity contribution in [3.05, 3.63) is 53.6 Å². The van der Waals surface area contributed by atoms with Gasteiger partial charge in [0, 0.05) is 6.61 Å². The molecule has 2 rings (SSSR count). The van der Waals surface area contributed by atoms with E-state index in [0.717, 1.165) is 12.8 Å². The van der Waals surface area contributed by atoms with Crippen molar-refractivity contribution in [3.63, 3.8) is 0 Å². The topological polar surface area (TPSA) is 29.5 Å². The number of aromatic hydroxyl groups is 1. The van der Waals surface area contributed by atoms with E-state index in [1.54, 1.807) is 0 Å². The van der Waals surface area contributed by atoms with E-state index < -0.39 is 8.32 Å². The van der Waals surface area contributed by atoms with E-state index in [-0.39, 0.29) is 5.04 Å². The standard InChI is InChI=1S/C22H32O2Si/c1-7-17-15-20(23)16-19(21(17)18-11-9-8-10-12-18)13-14-24-25(5,6)22(2,3)4/h8-12,15-16,23H,7,13-14H2,1-6H3. The summed E-state index contributed by atoms with van der Waals surface area (Å²) in [4.78, 5) is 0. The van der Waals surface area contributed by atoms with Crippen LogP contribution in [0.15, 0.2) is 42.5 Å². The lowest BCUT2D eigenvalue weighted by molar-refractivity contribution is 0.292. The van der Waals surface area contributed by atoms with E-state index in [9.17, 15) is 5.11 Å². The molecule has 2 aromatic rings. The predicted molar refractivity (Wildman–Crippen MR) is 110 cm³/mol. The molecule has 136 valence electrons. The van der Waals surface area contributed by atoms with Gasteiger partial charge in [0.15, 0.2) is 8.32 Å². The highest BCUT2D eigenvalue weighted by atomic mass is 28.4. The first kappa shape index (κ1) is 19.7. The maximum atomic E-state index is 10.2. The van der Waals surface area contributed by atoms with Gasteiger partial charge in [-0.05, 0) is 65.4 Å². The Morgan fingerprint density at radius 1 is 1.00 bits per heavy atom. The van der Waals surface area contributed by atoms with Gasteiger partial charge in [0.05, 0.1) is 0 Å². The van der Waals surface area contributed by atoms with Crippen LogP contribution in [0.5, 0.6) is 5.75 Å². The minimum absolute atomic E-state index is 0.211. The SMILES string of the molecule is CCc1cc(O)cc(CCO[Si](C)(C)C(C)(C)C)c1-c1ccccc1. The number of hydrogen-bond donors (Lipinski definition) is 1. The lowest BCUT2D eigenvalue weighted by Gasteiger charge is -2.36. The van der Waals surface area contributed by atoms with Crippen LogP contribution in [0.2, 0.25) is 18.1 Å². The number of rotatable bonds is 6. The van der Waals surface area contributed by atoms with Crippen molar-refractivity contribution in [2.24, 2.45) is 0 Å². The van der Waals surface area contributed by atoms with Crippen molar-refractivity contribution in [1.29, 1.82) is 0 Å². The predicted octanol–water partition coefficient (Wildman–Crippen LogP) is 6.19. The van der Waals surface area contributed by atoms with Gasteiger partial charge >= 0.3 is 0 Å². The summed E-state index contributed by atoms with van der Waals surface area (Å²) in [5.74, 6) is 0.346. The zero-order chi connectivity index (χ0) is 18.7. The van der Waals surface area contributed by atoms with Crippen LogP contribution in [-0.4, -0.2) is 20.0 Å². The average Bonchev–Trinajstić information content (AvgIpc) is 2.53. The molecule has 0 aliphatic rings. The minimum Gasteiger partial charge on any atom is -0.508 e. The highest BCUT2D eigenvalue weighted by Gasteiger charge is 2.36. The fourth-order valence-electron chi connectivity index (χ4n) is 2.83. The van der Waals surface area contributed by atoms with E-state index in [1.807, 2.05) is 18.2 Å². The van der Waals surface area contributed by atoms with Gasteiger partial charge < -0.3 is 9.53 Å². The normalized spacial score (nSPS) is 12.4. The fourth-order valence-corrected chi connectivity index (χ4v) is 3.88. The average molecular weight is 357 g/mol. The highest BCUT2D eigenvalue weighted by Crippen LogP contribution is 2.37. The molecular formula is C22H32O2Si. The van der Waals surface area contributed by atoms with Gasteiger partial charge in [-0.15, -0.1) is 0 Å². The Morgan fingerprint density at radius 2 is 1.60 bits per heavy atom. The maximum absolute atomic E-state index is 10.2. The monoisotopic (exact) mass is 356 g/mol. The Bertz CT molecular complexity index is 700. The molecule has 0 amide bonds. The van der Waals surface area contributed by atoms with E-state index >= 15 is 0 Å². The van der Waals surface area contributed by atoms with Gasteiger partial charge in [-0.25, -0.2) is 0 Å². The molecule has 2 aromatic carbocycles. The molecule has 0 radical (unpaired) electrons. The third kappa shape index (κ3) is 4.74. The fraction of sp³-hybridized carbons (Fsp3) is 0.455. The van der Waals surface area contributed by atoms with Crippen LogP contribution < -0.4 is 0 Å². The van der Waals surface area contributed by atoms with Crippen molar-refractivity contribution in [3.8, 4) is 16.9 Å². The molecule has 0 fully saturated rings. The number of hydrogen-bond acceptors (Lipinski definition) is 2. The molecule has 0 saturated heterocycles. The highest BCUT2D eigenvalue weighted by molar-refractivity contribution is 6.74. The molecule has 2 nitrogen and oxygen atoms in total. The molecule has 0 spiro atoms. The first-order valence-corrected chi connectivity index (χ1v) is 12.1. The van der Waals surface area contributed by atoms with E-state index in [4.69, 9.17) is 4.43 Å². The van der Waals surface area contributed by atoms with Crippen LogP contribution in [0.1, 0.15) is 38.8 Å². The number of benzene rings is 2. The van der Waals surface area contributed by atoms with Crippen LogP contribution in [-0.2, 0) is 17.3 Å². The van der Waals surface area contributed by atoms with Gasteiger partial charge in [-0.2, -0.15) is 0 Å². The summed E-state index contributed by atoms with van der Waals surface area (Å²) in [6, 6.07) is 14.2. The molecule has 0 aliphatic carbocycles. The van der Waals surface area contributed by atoms with Crippen LogP contribution in [0.25, 0.3) is 11.1 Å². The van der Waals surface area contributed by atoms with Crippen molar-refractivity contribution in [2.45, 2.75) is 58.7 Å². The summed E-state index contributed by atoms with van der Waals surface area (Å²) in [5, 5.41) is 10.4. The second-order valence-corrected chi connectivity index (χ2v) is 13.0. The summed E-state index contributed by atoms with van der Waals surface area (Å²) in [6.07, 6.45) is 1.72. The Morgan fingerprint density at radius 3 is 2.16 bits per heavy atom. The van der Waals surface area contributed by atoms with Gasteiger partial charge in [-0.1, -0.05) is 58.0 Å². The molecule has 0 bridgehead atoms. The minimum atomic E-state index is -1.75. The Balaban J connectivity index is 2.30. The van der Waals surface area contributed by atoms with Crippen molar-refractivity contribution >= 4 is 8.32 Å². The maximum Gasteiger partial charge on any atom is 0.191 e. The zero-order valence-electron chi connectivity index (χ0n) is 16.5. The Kier molecular flexibility index (Phi) is 6.12. The van der Waals surface area contributed by atoms with E-state index in [2.05, 4.69) is 65.1 Å². The Labute approximate surface area is 154 Å².